The Hall–Kier alpha value is -1.16. The molecule has 1 aromatic carbocycles. The molecule has 0 aliphatic rings. The fraction of sp³-hybridized carbons (Fsp3) is 0.333. The van der Waals surface area contributed by atoms with E-state index in [9.17, 15) is 5.11 Å². The molecule has 0 saturated heterocycles. The Morgan fingerprint density at radius 2 is 1.78 bits per heavy atom. The first-order chi connectivity index (χ1) is 8.68. The lowest BCUT2D eigenvalue weighted by atomic mass is 9.90. The van der Waals surface area contributed by atoms with E-state index in [2.05, 4.69) is 19.1 Å². The second-order valence-electron chi connectivity index (χ2n) is 4.50. The van der Waals surface area contributed by atoms with E-state index in [-0.39, 0.29) is 6.54 Å². The average Bonchev–Trinajstić information content (AvgIpc) is 2.87. The zero-order chi connectivity index (χ0) is 13.0. The van der Waals surface area contributed by atoms with E-state index in [4.69, 9.17) is 5.73 Å². The third-order valence-corrected chi connectivity index (χ3v) is 4.41. The van der Waals surface area contributed by atoms with Crippen LogP contribution in [0.1, 0.15) is 22.2 Å². The highest BCUT2D eigenvalue weighted by Gasteiger charge is 2.28. The molecule has 0 aliphatic heterocycles. The number of thiophene rings is 1. The number of rotatable bonds is 5. The van der Waals surface area contributed by atoms with Crippen LogP contribution in [0, 0.1) is 0 Å². The zero-order valence-corrected chi connectivity index (χ0v) is 11.4. The largest absolute Gasteiger partial charge is 0.383 e. The molecule has 1 atom stereocenters. The SMILES string of the molecule is CCc1ccc(CC(O)(CN)c2ccccc2)s1. The van der Waals surface area contributed by atoms with Crippen molar-refractivity contribution in [1.82, 2.24) is 0 Å². The summed E-state index contributed by atoms with van der Waals surface area (Å²) in [6, 6.07) is 13.9. The van der Waals surface area contributed by atoms with Gasteiger partial charge in [-0.25, -0.2) is 0 Å². The van der Waals surface area contributed by atoms with Gasteiger partial charge in [0.25, 0.3) is 0 Å². The number of aryl methyl sites for hydroxylation is 1. The van der Waals surface area contributed by atoms with Gasteiger partial charge in [0.2, 0.25) is 0 Å². The molecule has 18 heavy (non-hydrogen) atoms. The minimum atomic E-state index is -0.961. The van der Waals surface area contributed by atoms with Crippen LogP contribution in [0.2, 0.25) is 0 Å². The van der Waals surface area contributed by atoms with E-state index in [1.165, 1.54) is 9.75 Å². The van der Waals surface area contributed by atoms with Crippen molar-refractivity contribution in [1.29, 1.82) is 0 Å². The Balaban J connectivity index is 2.23. The van der Waals surface area contributed by atoms with Crippen LogP contribution in [0.4, 0.5) is 0 Å². The van der Waals surface area contributed by atoms with Crippen LogP contribution in [0.5, 0.6) is 0 Å². The molecule has 3 heteroatoms. The normalized spacial score (nSPS) is 14.4. The van der Waals surface area contributed by atoms with Gasteiger partial charge in [-0.2, -0.15) is 0 Å². The summed E-state index contributed by atoms with van der Waals surface area (Å²) in [5, 5.41) is 10.7. The summed E-state index contributed by atoms with van der Waals surface area (Å²) < 4.78 is 0. The van der Waals surface area contributed by atoms with E-state index >= 15 is 0 Å². The van der Waals surface area contributed by atoms with Gasteiger partial charge in [0.15, 0.2) is 0 Å². The molecule has 0 spiro atoms. The van der Waals surface area contributed by atoms with Gasteiger partial charge < -0.3 is 10.8 Å². The van der Waals surface area contributed by atoms with E-state index in [0.717, 1.165) is 12.0 Å². The van der Waals surface area contributed by atoms with Gasteiger partial charge in [0, 0.05) is 22.7 Å². The third kappa shape index (κ3) is 2.80. The first-order valence-corrected chi connectivity index (χ1v) is 7.05. The molecule has 0 amide bonds. The van der Waals surface area contributed by atoms with E-state index in [0.29, 0.717) is 6.42 Å². The summed E-state index contributed by atoms with van der Waals surface area (Å²) in [5.41, 5.74) is 5.71. The molecule has 0 fully saturated rings. The Kier molecular flexibility index (Phi) is 4.17. The second kappa shape index (κ2) is 5.65. The predicted molar refractivity (Wildman–Crippen MR) is 76.8 cm³/mol. The van der Waals surface area contributed by atoms with Gasteiger partial charge in [-0.1, -0.05) is 37.3 Å². The van der Waals surface area contributed by atoms with E-state index < -0.39 is 5.60 Å². The molecular formula is C15H19NOS. The van der Waals surface area contributed by atoms with E-state index in [1.807, 2.05) is 30.3 Å². The maximum Gasteiger partial charge on any atom is 0.107 e. The summed E-state index contributed by atoms with van der Waals surface area (Å²) in [6.07, 6.45) is 1.62. The maximum absolute atomic E-state index is 10.7. The minimum Gasteiger partial charge on any atom is -0.383 e. The van der Waals surface area contributed by atoms with Crippen molar-refractivity contribution in [2.24, 2.45) is 5.73 Å². The van der Waals surface area contributed by atoms with Gasteiger partial charge in [0.05, 0.1) is 0 Å². The highest BCUT2D eigenvalue weighted by atomic mass is 32.1. The molecule has 2 aromatic rings. The number of benzene rings is 1. The van der Waals surface area contributed by atoms with Crippen molar-refractivity contribution >= 4 is 11.3 Å². The lowest BCUT2D eigenvalue weighted by Gasteiger charge is -2.26. The number of hydrogen-bond acceptors (Lipinski definition) is 3. The van der Waals surface area contributed by atoms with Crippen molar-refractivity contribution in [3.8, 4) is 0 Å². The lowest BCUT2D eigenvalue weighted by molar-refractivity contribution is 0.0471. The molecule has 1 aromatic heterocycles. The van der Waals surface area contributed by atoms with Gasteiger partial charge in [-0.05, 0) is 24.1 Å². The zero-order valence-electron chi connectivity index (χ0n) is 10.6. The van der Waals surface area contributed by atoms with Crippen LogP contribution >= 0.6 is 11.3 Å². The van der Waals surface area contributed by atoms with Crippen LogP contribution in [-0.2, 0) is 18.4 Å². The summed E-state index contributed by atoms with van der Waals surface area (Å²) in [5.74, 6) is 0. The molecule has 3 N–H and O–H groups in total. The van der Waals surface area contributed by atoms with Crippen molar-refractivity contribution in [2.45, 2.75) is 25.4 Å². The summed E-state index contributed by atoms with van der Waals surface area (Å²) in [7, 11) is 0. The minimum absolute atomic E-state index is 0.233. The molecule has 0 saturated carbocycles. The fourth-order valence-corrected chi connectivity index (χ4v) is 3.10. The molecule has 0 radical (unpaired) electrons. The third-order valence-electron chi connectivity index (χ3n) is 3.18. The fourth-order valence-electron chi connectivity index (χ4n) is 2.04. The van der Waals surface area contributed by atoms with Crippen LogP contribution < -0.4 is 5.73 Å². The highest BCUT2D eigenvalue weighted by molar-refractivity contribution is 7.12. The molecule has 0 bridgehead atoms. The summed E-state index contributed by atoms with van der Waals surface area (Å²) in [6.45, 7) is 2.37. The Bertz CT molecular complexity index is 494. The van der Waals surface area contributed by atoms with Crippen molar-refractivity contribution in [3.05, 3.63) is 57.8 Å². The highest BCUT2D eigenvalue weighted by Crippen LogP contribution is 2.28. The van der Waals surface area contributed by atoms with Gasteiger partial charge in [-0.15, -0.1) is 11.3 Å². The number of aliphatic hydroxyl groups is 1. The smallest absolute Gasteiger partial charge is 0.107 e. The maximum atomic E-state index is 10.7. The summed E-state index contributed by atoms with van der Waals surface area (Å²) >= 11 is 1.75. The van der Waals surface area contributed by atoms with Crippen LogP contribution in [0.3, 0.4) is 0 Å². The first kappa shape index (κ1) is 13.3. The van der Waals surface area contributed by atoms with Crippen molar-refractivity contribution in [2.75, 3.05) is 6.54 Å². The van der Waals surface area contributed by atoms with Crippen molar-refractivity contribution in [3.63, 3.8) is 0 Å². The quantitative estimate of drug-likeness (QED) is 0.869. The average molecular weight is 261 g/mol. The molecule has 1 heterocycles. The Morgan fingerprint density at radius 1 is 1.11 bits per heavy atom. The van der Waals surface area contributed by atoms with Crippen molar-refractivity contribution < 1.29 is 5.11 Å². The Labute approximate surface area is 112 Å². The molecule has 1 unspecified atom stereocenters. The number of hydrogen-bond donors (Lipinski definition) is 2. The first-order valence-electron chi connectivity index (χ1n) is 6.23. The molecule has 2 nitrogen and oxygen atoms in total. The standard InChI is InChI=1S/C15H19NOS/c1-2-13-8-9-14(18-13)10-15(17,11-16)12-6-4-3-5-7-12/h3-9,17H,2,10-11,16H2,1H3. The monoisotopic (exact) mass is 261 g/mol. The van der Waals surface area contributed by atoms with Gasteiger partial charge >= 0.3 is 0 Å². The molecular weight excluding hydrogens is 242 g/mol. The molecule has 2 rings (SSSR count). The van der Waals surface area contributed by atoms with Gasteiger partial charge in [0.1, 0.15) is 5.60 Å². The van der Waals surface area contributed by atoms with Crippen LogP contribution in [0.15, 0.2) is 42.5 Å². The topological polar surface area (TPSA) is 46.2 Å². The Morgan fingerprint density at radius 3 is 2.33 bits per heavy atom. The van der Waals surface area contributed by atoms with Gasteiger partial charge in [-0.3, -0.25) is 0 Å². The molecule has 0 aliphatic carbocycles. The predicted octanol–water partition coefficient (Wildman–Crippen LogP) is 2.70. The summed E-state index contributed by atoms with van der Waals surface area (Å²) in [4.78, 5) is 2.53. The van der Waals surface area contributed by atoms with Crippen LogP contribution in [0.25, 0.3) is 0 Å². The number of nitrogens with two attached hydrogens (primary N) is 1. The lowest BCUT2D eigenvalue weighted by Crippen LogP contribution is -2.36. The van der Waals surface area contributed by atoms with Crippen LogP contribution in [-0.4, -0.2) is 11.7 Å². The van der Waals surface area contributed by atoms with E-state index in [1.54, 1.807) is 11.3 Å². The second-order valence-corrected chi connectivity index (χ2v) is 5.75. The molecule has 96 valence electrons.